The first-order chi connectivity index (χ1) is 20.5. The molecule has 2 atom stereocenters. The molecule has 1 aliphatic carbocycles. The van der Waals surface area contributed by atoms with Crippen LogP contribution in [-0.4, -0.2) is 76.1 Å². The number of carbonyl (C=O) groups excluding carboxylic acids is 3. The van der Waals surface area contributed by atoms with Gasteiger partial charge in [-0.3, -0.25) is 14.4 Å². The molecule has 1 aromatic carbocycles. The summed E-state index contributed by atoms with van der Waals surface area (Å²) in [6.07, 6.45) is 13.6. The predicted octanol–water partition coefficient (Wildman–Crippen LogP) is 1.68. The van der Waals surface area contributed by atoms with Crippen LogP contribution in [0.1, 0.15) is 68.9 Å². The van der Waals surface area contributed by atoms with Crippen LogP contribution < -0.4 is 37.5 Å². The highest BCUT2D eigenvalue weighted by atomic mass is 16.5. The van der Waals surface area contributed by atoms with E-state index in [1.54, 1.807) is 12.2 Å². The zero-order chi connectivity index (χ0) is 30.0. The van der Waals surface area contributed by atoms with Gasteiger partial charge in [-0.2, -0.15) is 0 Å². The minimum Gasteiger partial charge on any atom is -0.488 e. The summed E-state index contributed by atoms with van der Waals surface area (Å²) in [6, 6.07) is 5.81. The van der Waals surface area contributed by atoms with Crippen LogP contribution in [0.25, 0.3) is 6.08 Å². The molecule has 232 valence electrons. The minimum atomic E-state index is -0.561. The molecule has 0 aromatic heterocycles. The minimum absolute atomic E-state index is 0.145. The zero-order valence-electron chi connectivity index (χ0n) is 24.9. The van der Waals surface area contributed by atoms with Crippen LogP contribution in [0.5, 0.6) is 5.75 Å². The average Bonchev–Trinajstić information content (AvgIpc) is 3.30. The molecule has 1 heterocycles. The third-order valence-corrected chi connectivity index (χ3v) is 7.81. The number of benzene rings is 1. The molecule has 10 heteroatoms. The SMILES string of the molecule is NCCCCNCCCNC(=O)/C=C/c1ccc2c(c1)[C@@]1(/C=C/C(=O)NCCCNCCCCN)CCC(=O)C[C@H]1O2. The molecular weight excluding hydrogens is 532 g/mol. The molecule has 3 rings (SSSR count). The van der Waals surface area contributed by atoms with E-state index in [4.69, 9.17) is 16.2 Å². The number of Topliss-reactive ketones (excluding diaryl/α,β-unsaturated/α-hetero) is 1. The van der Waals surface area contributed by atoms with E-state index in [0.717, 1.165) is 81.6 Å². The molecule has 1 aromatic rings. The molecule has 0 unspecified atom stereocenters. The summed E-state index contributed by atoms with van der Waals surface area (Å²) in [5, 5.41) is 12.6. The van der Waals surface area contributed by atoms with Gasteiger partial charge < -0.3 is 37.5 Å². The van der Waals surface area contributed by atoms with Crippen molar-refractivity contribution in [2.75, 3.05) is 52.4 Å². The van der Waals surface area contributed by atoms with Crippen LogP contribution in [-0.2, 0) is 19.8 Å². The highest BCUT2D eigenvalue weighted by molar-refractivity contribution is 5.92. The van der Waals surface area contributed by atoms with Gasteiger partial charge in [0.2, 0.25) is 11.8 Å². The maximum absolute atomic E-state index is 12.6. The van der Waals surface area contributed by atoms with Gasteiger partial charge in [-0.15, -0.1) is 0 Å². The quantitative estimate of drug-likeness (QED) is 0.100. The van der Waals surface area contributed by atoms with Gasteiger partial charge in [0, 0.05) is 37.6 Å². The van der Waals surface area contributed by atoms with E-state index in [1.807, 2.05) is 24.3 Å². The number of ketones is 1. The summed E-state index contributed by atoms with van der Waals surface area (Å²) in [7, 11) is 0. The Hall–Kier alpha value is -3.05. The van der Waals surface area contributed by atoms with E-state index < -0.39 is 5.41 Å². The lowest BCUT2D eigenvalue weighted by Crippen LogP contribution is -2.42. The number of rotatable bonds is 20. The Morgan fingerprint density at radius 3 is 2.12 bits per heavy atom. The molecule has 0 radical (unpaired) electrons. The van der Waals surface area contributed by atoms with Crippen LogP contribution in [0.3, 0.4) is 0 Å². The number of amides is 2. The third-order valence-electron chi connectivity index (χ3n) is 7.81. The molecule has 0 bridgehead atoms. The number of hydrogen-bond donors (Lipinski definition) is 6. The van der Waals surface area contributed by atoms with Crippen molar-refractivity contribution in [2.24, 2.45) is 11.5 Å². The summed E-state index contributed by atoms with van der Waals surface area (Å²) in [4.78, 5) is 37.3. The van der Waals surface area contributed by atoms with Gasteiger partial charge in [0.25, 0.3) is 0 Å². The highest BCUT2D eigenvalue weighted by Gasteiger charge is 2.50. The van der Waals surface area contributed by atoms with Crippen LogP contribution in [0, 0.1) is 0 Å². The number of carbonyl (C=O) groups is 3. The Morgan fingerprint density at radius 2 is 1.48 bits per heavy atom. The second kappa shape index (κ2) is 18.5. The standard InChI is InChI=1S/C32H50N6O4/c33-15-1-3-17-35-19-5-21-37-30(40)10-8-25-7-9-28-27(23-25)32(13-11-26(39)24-29(32)42-28)14-12-31(41)38-22-6-20-36-18-4-2-16-34/h7-10,12,14,23,29,35-36H,1-6,11,13,15-22,24,33-34H2,(H,37,40)(H,38,41)/b10-8+,14-12+/t29-,32+/m1/s1. The molecule has 2 aliphatic rings. The Labute approximate surface area is 250 Å². The lowest BCUT2D eigenvalue weighted by molar-refractivity contribution is -0.123. The Bertz CT molecular complexity index is 1080. The van der Waals surface area contributed by atoms with Gasteiger partial charge in [-0.25, -0.2) is 0 Å². The van der Waals surface area contributed by atoms with E-state index >= 15 is 0 Å². The van der Waals surface area contributed by atoms with Crippen LogP contribution in [0.2, 0.25) is 0 Å². The fourth-order valence-electron chi connectivity index (χ4n) is 5.41. The van der Waals surface area contributed by atoms with Crippen LogP contribution in [0.15, 0.2) is 36.4 Å². The smallest absolute Gasteiger partial charge is 0.243 e. The first kappa shape index (κ1) is 33.5. The maximum atomic E-state index is 12.6. The number of nitrogens with one attached hydrogen (secondary N) is 4. The Morgan fingerprint density at radius 1 is 0.857 bits per heavy atom. The second-order valence-electron chi connectivity index (χ2n) is 11.1. The van der Waals surface area contributed by atoms with E-state index in [9.17, 15) is 14.4 Å². The molecule has 8 N–H and O–H groups in total. The lowest BCUT2D eigenvalue weighted by atomic mass is 9.68. The van der Waals surface area contributed by atoms with Crippen molar-refractivity contribution in [3.63, 3.8) is 0 Å². The van der Waals surface area contributed by atoms with Crippen molar-refractivity contribution in [1.82, 2.24) is 21.3 Å². The molecule has 0 saturated heterocycles. The third kappa shape index (κ3) is 10.7. The van der Waals surface area contributed by atoms with E-state index in [0.29, 0.717) is 45.4 Å². The molecule has 1 aliphatic heterocycles. The summed E-state index contributed by atoms with van der Waals surface area (Å²) >= 11 is 0. The van der Waals surface area contributed by atoms with E-state index in [1.165, 1.54) is 6.08 Å². The zero-order valence-corrected chi connectivity index (χ0v) is 24.9. The molecule has 10 nitrogen and oxygen atoms in total. The topological polar surface area (TPSA) is 161 Å². The van der Waals surface area contributed by atoms with Gasteiger partial charge >= 0.3 is 0 Å². The fraction of sp³-hybridized carbons (Fsp3) is 0.594. The number of nitrogens with two attached hydrogens (primary N) is 2. The average molecular weight is 583 g/mol. The highest BCUT2D eigenvalue weighted by Crippen LogP contribution is 2.51. The summed E-state index contributed by atoms with van der Waals surface area (Å²) in [5.41, 5.74) is 12.3. The van der Waals surface area contributed by atoms with Gasteiger partial charge in [-0.05, 0) is 114 Å². The second-order valence-corrected chi connectivity index (χ2v) is 11.1. The molecule has 0 spiro atoms. The van der Waals surface area contributed by atoms with E-state index in [2.05, 4.69) is 21.3 Å². The van der Waals surface area contributed by atoms with Crippen molar-refractivity contribution in [3.05, 3.63) is 47.6 Å². The van der Waals surface area contributed by atoms with Crippen LogP contribution >= 0.6 is 0 Å². The van der Waals surface area contributed by atoms with Crippen molar-refractivity contribution >= 4 is 23.7 Å². The largest absolute Gasteiger partial charge is 0.488 e. The van der Waals surface area contributed by atoms with Crippen molar-refractivity contribution in [1.29, 1.82) is 0 Å². The monoisotopic (exact) mass is 582 g/mol. The number of hydrogen-bond acceptors (Lipinski definition) is 8. The molecule has 42 heavy (non-hydrogen) atoms. The van der Waals surface area contributed by atoms with E-state index in [-0.39, 0.29) is 23.7 Å². The fourth-order valence-corrected chi connectivity index (χ4v) is 5.41. The maximum Gasteiger partial charge on any atom is 0.243 e. The van der Waals surface area contributed by atoms with Crippen LogP contribution in [0.4, 0.5) is 0 Å². The first-order valence-electron chi connectivity index (χ1n) is 15.6. The van der Waals surface area contributed by atoms with Gasteiger partial charge in [-0.1, -0.05) is 12.1 Å². The Balaban J connectivity index is 1.54. The molecule has 2 amide bonds. The summed E-state index contributed by atoms with van der Waals surface area (Å²) in [6.45, 7) is 6.17. The number of ether oxygens (including phenoxy) is 1. The molecule has 1 saturated carbocycles. The summed E-state index contributed by atoms with van der Waals surface area (Å²) < 4.78 is 6.22. The predicted molar refractivity (Wildman–Crippen MR) is 167 cm³/mol. The molecular formula is C32H50N6O4. The van der Waals surface area contributed by atoms with Crippen molar-refractivity contribution < 1.29 is 19.1 Å². The molecule has 1 fully saturated rings. The first-order valence-corrected chi connectivity index (χ1v) is 15.6. The van der Waals surface area contributed by atoms with Crippen molar-refractivity contribution in [3.8, 4) is 5.75 Å². The number of fused-ring (bicyclic) bond motifs is 3. The van der Waals surface area contributed by atoms with Gasteiger partial charge in [0.15, 0.2) is 0 Å². The summed E-state index contributed by atoms with van der Waals surface area (Å²) in [5.74, 6) is 0.590. The number of unbranched alkanes of at least 4 members (excludes halogenated alkanes) is 2. The normalized spacial score (nSPS) is 19.6. The van der Waals surface area contributed by atoms with Crippen molar-refractivity contribution in [2.45, 2.75) is 69.3 Å². The Kier molecular flexibility index (Phi) is 14.7. The van der Waals surface area contributed by atoms with Gasteiger partial charge in [0.05, 0.1) is 5.41 Å². The van der Waals surface area contributed by atoms with Gasteiger partial charge in [0.1, 0.15) is 17.6 Å². The lowest BCUT2D eigenvalue weighted by Gasteiger charge is -2.35.